The van der Waals surface area contributed by atoms with Crippen LogP contribution in [0.15, 0.2) is 33.6 Å². The Hall–Kier alpha value is -1.94. The maximum Gasteiger partial charge on any atom is 0.285 e. The van der Waals surface area contributed by atoms with Gasteiger partial charge in [0.05, 0.1) is 11.5 Å². The summed E-state index contributed by atoms with van der Waals surface area (Å²) in [5.41, 5.74) is 0.617. The van der Waals surface area contributed by atoms with E-state index in [9.17, 15) is 21.6 Å². The van der Waals surface area contributed by atoms with Gasteiger partial charge in [0.25, 0.3) is 10.0 Å². The van der Waals surface area contributed by atoms with Crippen LogP contribution in [0, 0.1) is 5.92 Å². The highest BCUT2D eigenvalue weighted by Gasteiger charge is 2.39. The number of likely N-dealkylation sites (tertiary alicyclic amines) is 1. The van der Waals surface area contributed by atoms with E-state index in [0.29, 0.717) is 50.3 Å². The minimum atomic E-state index is -3.66. The Labute approximate surface area is 177 Å². The molecule has 0 aromatic heterocycles. The van der Waals surface area contributed by atoms with E-state index in [1.807, 2.05) is 11.8 Å². The minimum Gasteiger partial charge on any atom is -0.355 e. The second-order valence-corrected chi connectivity index (χ2v) is 12.0. The zero-order chi connectivity index (χ0) is 21.5. The monoisotopic (exact) mass is 453 g/mol. The summed E-state index contributed by atoms with van der Waals surface area (Å²) in [5, 5.41) is 0. The van der Waals surface area contributed by atoms with E-state index in [-0.39, 0.29) is 34.3 Å². The second kappa shape index (κ2) is 7.96. The molecule has 1 amide bonds. The van der Waals surface area contributed by atoms with Crippen molar-refractivity contribution in [1.29, 1.82) is 0 Å². The third kappa shape index (κ3) is 3.99. The number of amides is 1. The van der Waals surface area contributed by atoms with Crippen molar-refractivity contribution in [2.45, 2.75) is 43.5 Å². The van der Waals surface area contributed by atoms with Gasteiger partial charge in [0.1, 0.15) is 4.90 Å². The van der Waals surface area contributed by atoms with E-state index in [1.165, 1.54) is 0 Å². The fraction of sp³-hybridized carbons (Fsp3) is 0.600. The minimum absolute atomic E-state index is 0.0278. The Balaban J connectivity index is 1.45. The van der Waals surface area contributed by atoms with E-state index >= 15 is 0 Å². The molecule has 4 rings (SSSR count). The summed E-state index contributed by atoms with van der Waals surface area (Å²) >= 11 is 0. The molecule has 30 heavy (non-hydrogen) atoms. The van der Waals surface area contributed by atoms with Crippen LogP contribution in [0.1, 0.15) is 38.2 Å². The zero-order valence-electron chi connectivity index (χ0n) is 17.0. The van der Waals surface area contributed by atoms with Crippen molar-refractivity contribution >= 4 is 31.6 Å². The van der Waals surface area contributed by atoms with Crippen LogP contribution < -0.4 is 0 Å². The lowest BCUT2D eigenvalue weighted by atomic mass is 9.94. The Morgan fingerprint density at radius 2 is 1.83 bits per heavy atom. The first-order valence-corrected chi connectivity index (χ1v) is 13.7. The predicted octanol–water partition coefficient (Wildman–Crippen LogP) is 1.27. The molecule has 0 bridgehead atoms. The molecule has 3 aliphatic rings. The number of carbonyl (C=O) groups is 1. The second-order valence-electron chi connectivity index (χ2n) is 8.24. The van der Waals surface area contributed by atoms with Crippen LogP contribution >= 0.6 is 0 Å². The maximum absolute atomic E-state index is 13.2. The van der Waals surface area contributed by atoms with Crippen molar-refractivity contribution in [2.24, 2.45) is 10.3 Å². The fourth-order valence-electron chi connectivity index (χ4n) is 4.62. The van der Waals surface area contributed by atoms with Crippen molar-refractivity contribution in [2.75, 3.05) is 31.1 Å². The molecular weight excluding hydrogens is 426 g/mol. The molecule has 10 heteroatoms. The number of sulfonamides is 1. The molecular formula is C20H27N3O5S2. The summed E-state index contributed by atoms with van der Waals surface area (Å²) in [4.78, 5) is 17.2. The van der Waals surface area contributed by atoms with Crippen LogP contribution in [-0.4, -0.2) is 75.6 Å². The van der Waals surface area contributed by atoms with E-state index in [2.05, 4.69) is 4.40 Å². The predicted molar refractivity (Wildman–Crippen MR) is 114 cm³/mol. The van der Waals surface area contributed by atoms with Crippen molar-refractivity contribution in [1.82, 2.24) is 9.80 Å². The molecule has 1 atom stereocenters. The smallest absolute Gasteiger partial charge is 0.285 e. The number of sulfone groups is 1. The molecule has 0 N–H and O–H groups in total. The number of benzene rings is 1. The topological polar surface area (TPSA) is 104 Å². The van der Waals surface area contributed by atoms with E-state index in [4.69, 9.17) is 0 Å². The van der Waals surface area contributed by atoms with Gasteiger partial charge in [-0.25, -0.2) is 8.42 Å². The highest BCUT2D eigenvalue weighted by atomic mass is 32.2. The largest absolute Gasteiger partial charge is 0.355 e. The fourth-order valence-corrected chi connectivity index (χ4v) is 7.58. The van der Waals surface area contributed by atoms with Gasteiger partial charge in [0.15, 0.2) is 15.7 Å². The summed E-state index contributed by atoms with van der Waals surface area (Å²) in [5.74, 6) is 0.522. The van der Waals surface area contributed by atoms with E-state index in [1.54, 1.807) is 29.2 Å². The van der Waals surface area contributed by atoms with Gasteiger partial charge in [0, 0.05) is 37.2 Å². The third-order valence-corrected chi connectivity index (χ3v) is 9.23. The SMILES string of the molecule is CCCN(C(=O)C1CCN(C2=NS(=O)(=O)c3ccccc32)CC1)C1CCS(=O)(=O)C1. The summed E-state index contributed by atoms with van der Waals surface area (Å²) in [6.07, 6.45) is 2.49. The summed E-state index contributed by atoms with van der Waals surface area (Å²) in [7, 11) is -6.72. The lowest BCUT2D eigenvalue weighted by molar-refractivity contribution is -0.138. The van der Waals surface area contributed by atoms with Crippen molar-refractivity contribution in [3.8, 4) is 0 Å². The Kier molecular flexibility index (Phi) is 5.65. The molecule has 0 radical (unpaired) electrons. The van der Waals surface area contributed by atoms with Gasteiger partial charge < -0.3 is 9.80 Å². The van der Waals surface area contributed by atoms with Gasteiger partial charge in [-0.05, 0) is 37.8 Å². The lowest BCUT2D eigenvalue weighted by Gasteiger charge is -2.37. The van der Waals surface area contributed by atoms with Crippen LogP contribution in [0.2, 0.25) is 0 Å². The highest BCUT2D eigenvalue weighted by molar-refractivity contribution is 7.91. The van der Waals surface area contributed by atoms with Crippen LogP contribution in [0.5, 0.6) is 0 Å². The Morgan fingerprint density at radius 1 is 1.13 bits per heavy atom. The van der Waals surface area contributed by atoms with E-state index in [0.717, 1.165) is 6.42 Å². The van der Waals surface area contributed by atoms with Gasteiger partial charge in [-0.15, -0.1) is 4.40 Å². The quantitative estimate of drug-likeness (QED) is 0.680. The Bertz CT molecular complexity index is 1070. The number of nitrogens with zero attached hydrogens (tertiary/aromatic N) is 3. The summed E-state index contributed by atoms with van der Waals surface area (Å²) in [6.45, 7) is 3.64. The molecule has 2 fully saturated rings. The molecule has 2 saturated heterocycles. The molecule has 8 nitrogen and oxygen atoms in total. The molecule has 3 heterocycles. The third-order valence-electron chi connectivity index (χ3n) is 6.15. The number of amidine groups is 1. The Morgan fingerprint density at radius 3 is 2.47 bits per heavy atom. The van der Waals surface area contributed by atoms with Crippen LogP contribution in [-0.2, 0) is 24.7 Å². The summed E-state index contributed by atoms with van der Waals surface area (Å²) < 4.78 is 52.4. The first kappa shape index (κ1) is 21.3. The lowest BCUT2D eigenvalue weighted by Crippen LogP contribution is -2.48. The zero-order valence-corrected chi connectivity index (χ0v) is 18.7. The molecule has 0 spiro atoms. The number of carbonyl (C=O) groups excluding carboxylic acids is 1. The number of hydrogen-bond donors (Lipinski definition) is 0. The van der Waals surface area contributed by atoms with Crippen molar-refractivity contribution in [3.05, 3.63) is 29.8 Å². The van der Waals surface area contributed by atoms with Crippen LogP contribution in [0.3, 0.4) is 0 Å². The highest BCUT2D eigenvalue weighted by Crippen LogP contribution is 2.31. The van der Waals surface area contributed by atoms with Crippen LogP contribution in [0.4, 0.5) is 0 Å². The van der Waals surface area contributed by atoms with Crippen LogP contribution in [0.25, 0.3) is 0 Å². The average molecular weight is 454 g/mol. The van der Waals surface area contributed by atoms with Gasteiger partial charge >= 0.3 is 0 Å². The van der Waals surface area contributed by atoms with Gasteiger partial charge in [0.2, 0.25) is 5.91 Å². The van der Waals surface area contributed by atoms with Crippen molar-refractivity contribution < 1.29 is 21.6 Å². The molecule has 1 unspecified atom stereocenters. The summed E-state index contributed by atoms with van der Waals surface area (Å²) in [6, 6.07) is 6.58. The molecule has 164 valence electrons. The van der Waals surface area contributed by atoms with Crippen molar-refractivity contribution in [3.63, 3.8) is 0 Å². The first-order chi connectivity index (χ1) is 14.2. The molecule has 1 aromatic rings. The van der Waals surface area contributed by atoms with E-state index < -0.39 is 19.9 Å². The maximum atomic E-state index is 13.2. The van der Waals surface area contributed by atoms with Gasteiger partial charge in [-0.2, -0.15) is 8.42 Å². The number of fused-ring (bicyclic) bond motifs is 1. The average Bonchev–Trinajstić information content (AvgIpc) is 3.22. The van der Waals surface area contributed by atoms with Gasteiger partial charge in [-0.3, -0.25) is 4.79 Å². The molecule has 0 saturated carbocycles. The van der Waals surface area contributed by atoms with Gasteiger partial charge in [-0.1, -0.05) is 19.1 Å². The number of hydrogen-bond acceptors (Lipinski definition) is 6. The number of rotatable bonds is 4. The number of piperidine rings is 1. The molecule has 1 aromatic carbocycles. The normalized spacial score (nSPS) is 25.0. The standard InChI is InChI=1S/C20H27N3O5S2/c1-2-10-23(16-9-13-29(25,26)14-16)20(24)15-7-11-22(12-8-15)19-17-5-3-4-6-18(17)30(27,28)21-19/h3-6,15-16H,2,7-14H2,1H3. The molecule has 3 aliphatic heterocycles. The first-order valence-electron chi connectivity index (χ1n) is 10.4. The molecule has 0 aliphatic carbocycles.